The van der Waals surface area contributed by atoms with Gasteiger partial charge in [-0.15, -0.1) is 0 Å². The number of carbonyl (C=O) groups is 2. The Kier molecular flexibility index (Phi) is 5.85. The number of amides is 1. The van der Waals surface area contributed by atoms with Crippen molar-refractivity contribution in [3.8, 4) is 0 Å². The van der Waals surface area contributed by atoms with Gasteiger partial charge in [0.2, 0.25) is 0 Å². The normalized spacial score (nSPS) is 14.3. The summed E-state index contributed by atoms with van der Waals surface area (Å²) in [5.74, 6) is -1.21. The highest BCUT2D eigenvalue weighted by molar-refractivity contribution is 5.84. The van der Waals surface area contributed by atoms with E-state index in [2.05, 4.69) is 10.1 Å². The van der Waals surface area contributed by atoms with Gasteiger partial charge < -0.3 is 15.2 Å². The summed E-state index contributed by atoms with van der Waals surface area (Å²) in [6.07, 6.45) is 1.33. The zero-order valence-electron chi connectivity index (χ0n) is 10.4. The molecular formula is C11H21NO4. The number of methoxy groups -OCH3 is 1. The average Bonchev–Trinajstić information content (AvgIpc) is 2.22. The molecule has 0 aliphatic carbocycles. The summed E-state index contributed by atoms with van der Waals surface area (Å²) in [6.45, 7) is 5.53. The Morgan fingerprint density at radius 3 is 2.31 bits per heavy atom. The molecule has 0 spiro atoms. The maximum Gasteiger partial charge on any atom is 0.407 e. The second-order valence-electron chi connectivity index (χ2n) is 4.15. The van der Waals surface area contributed by atoms with Crippen molar-refractivity contribution in [2.75, 3.05) is 7.11 Å². The number of alkyl carbamates (subject to hydrolysis) is 1. The van der Waals surface area contributed by atoms with E-state index in [-0.39, 0.29) is 5.92 Å². The van der Waals surface area contributed by atoms with E-state index < -0.39 is 17.6 Å². The second-order valence-corrected chi connectivity index (χ2v) is 4.15. The summed E-state index contributed by atoms with van der Waals surface area (Å²) >= 11 is 0. The number of aliphatic carboxylic acids is 1. The van der Waals surface area contributed by atoms with Gasteiger partial charge in [0.25, 0.3) is 0 Å². The van der Waals surface area contributed by atoms with Crippen LogP contribution in [0, 0.1) is 5.92 Å². The monoisotopic (exact) mass is 231 g/mol. The van der Waals surface area contributed by atoms with Crippen LogP contribution in [0.5, 0.6) is 0 Å². The standard InChI is InChI=1S/C11H21NO4/c1-5-6-7-11(8(2)3,9(13)14)12-10(15)16-4/h8H,5-7H2,1-4H3,(H,12,15)(H,13,14). The van der Waals surface area contributed by atoms with E-state index in [9.17, 15) is 14.7 Å². The summed E-state index contributed by atoms with van der Waals surface area (Å²) < 4.78 is 4.47. The molecule has 0 saturated heterocycles. The number of carbonyl (C=O) groups excluding carboxylic acids is 1. The van der Waals surface area contributed by atoms with E-state index in [1.54, 1.807) is 13.8 Å². The molecule has 5 heteroatoms. The molecule has 0 bridgehead atoms. The molecule has 0 aliphatic heterocycles. The van der Waals surface area contributed by atoms with Gasteiger partial charge in [0.1, 0.15) is 5.54 Å². The first-order valence-corrected chi connectivity index (χ1v) is 5.50. The Bertz CT molecular complexity index is 252. The van der Waals surface area contributed by atoms with Crippen LogP contribution in [0.15, 0.2) is 0 Å². The van der Waals surface area contributed by atoms with Gasteiger partial charge in [-0.05, 0) is 12.3 Å². The Morgan fingerprint density at radius 2 is 2.00 bits per heavy atom. The largest absolute Gasteiger partial charge is 0.479 e. The number of nitrogens with one attached hydrogen (secondary N) is 1. The smallest absolute Gasteiger partial charge is 0.407 e. The number of ether oxygens (including phenoxy) is 1. The fraction of sp³-hybridized carbons (Fsp3) is 0.818. The van der Waals surface area contributed by atoms with Crippen LogP contribution in [0.2, 0.25) is 0 Å². The van der Waals surface area contributed by atoms with Crippen LogP contribution in [-0.2, 0) is 9.53 Å². The number of rotatable bonds is 6. The summed E-state index contributed by atoms with van der Waals surface area (Å²) in [4.78, 5) is 22.6. The van der Waals surface area contributed by atoms with Gasteiger partial charge in [0.15, 0.2) is 0 Å². The molecule has 1 amide bonds. The Labute approximate surface area is 96.2 Å². The van der Waals surface area contributed by atoms with Crippen LogP contribution in [0.4, 0.5) is 4.79 Å². The minimum Gasteiger partial charge on any atom is -0.479 e. The molecule has 0 aliphatic rings. The molecule has 16 heavy (non-hydrogen) atoms. The van der Waals surface area contributed by atoms with Crippen molar-refractivity contribution in [2.45, 2.75) is 45.6 Å². The van der Waals surface area contributed by atoms with Crippen molar-refractivity contribution >= 4 is 12.1 Å². The molecule has 5 nitrogen and oxygen atoms in total. The van der Waals surface area contributed by atoms with E-state index in [0.717, 1.165) is 12.8 Å². The zero-order chi connectivity index (χ0) is 12.8. The molecule has 0 saturated carbocycles. The van der Waals surface area contributed by atoms with Crippen LogP contribution in [0.25, 0.3) is 0 Å². The highest BCUT2D eigenvalue weighted by atomic mass is 16.5. The lowest BCUT2D eigenvalue weighted by atomic mass is 9.82. The van der Waals surface area contributed by atoms with Gasteiger partial charge in [-0.3, -0.25) is 0 Å². The molecule has 0 aromatic rings. The van der Waals surface area contributed by atoms with E-state index in [4.69, 9.17) is 0 Å². The van der Waals surface area contributed by atoms with E-state index in [0.29, 0.717) is 6.42 Å². The topological polar surface area (TPSA) is 75.6 Å². The third-order valence-electron chi connectivity index (χ3n) is 2.80. The van der Waals surface area contributed by atoms with Gasteiger partial charge in [0.05, 0.1) is 7.11 Å². The maximum absolute atomic E-state index is 11.3. The third kappa shape index (κ3) is 3.40. The fourth-order valence-electron chi connectivity index (χ4n) is 1.59. The quantitative estimate of drug-likeness (QED) is 0.733. The lowest BCUT2D eigenvalue weighted by molar-refractivity contribution is -0.147. The Morgan fingerprint density at radius 1 is 1.44 bits per heavy atom. The molecule has 1 atom stereocenters. The van der Waals surface area contributed by atoms with Crippen molar-refractivity contribution < 1.29 is 19.4 Å². The fourth-order valence-corrected chi connectivity index (χ4v) is 1.59. The SMILES string of the molecule is CCCCC(NC(=O)OC)(C(=O)O)C(C)C. The molecule has 0 radical (unpaired) electrons. The molecule has 0 rings (SSSR count). The summed E-state index contributed by atoms with van der Waals surface area (Å²) in [5.41, 5.74) is -1.23. The van der Waals surface area contributed by atoms with Crippen LogP contribution in [-0.4, -0.2) is 29.8 Å². The van der Waals surface area contributed by atoms with Gasteiger partial charge >= 0.3 is 12.1 Å². The molecule has 94 valence electrons. The molecule has 2 N–H and O–H groups in total. The van der Waals surface area contributed by atoms with Gasteiger partial charge in [-0.25, -0.2) is 9.59 Å². The van der Waals surface area contributed by atoms with Gasteiger partial charge in [0, 0.05) is 0 Å². The first-order valence-electron chi connectivity index (χ1n) is 5.50. The predicted molar refractivity (Wildman–Crippen MR) is 60.3 cm³/mol. The van der Waals surface area contributed by atoms with Crippen LogP contribution < -0.4 is 5.32 Å². The number of hydrogen-bond acceptors (Lipinski definition) is 3. The van der Waals surface area contributed by atoms with E-state index >= 15 is 0 Å². The molecule has 0 aromatic heterocycles. The number of carboxylic acids is 1. The van der Waals surface area contributed by atoms with Crippen molar-refractivity contribution in [3.05, 3.63) is 0 Å². The maximum atomic E-state index is 11.3. The van der Waals surface area contributed by atoms with E-state index in [1.165, 1.54) is 7.11 Å². The first-order chi connectivity index (χ1) is 7.40. The van der Waals surface area contributed by atoms with Crippen LogP contribution in [0.1, 0.15) is 40.0 Å². The van der Waals surface area contributed by atoms with Gasteiger partial charge in [-0.2, -0.15) is 0 Å². The average molecular weight is 231 g/mol. The molecule has 0 fully saturated rings. The van der Waals surface area contributed by atoms with Crippen molar-refractivity contribution in [1.29, 1.82) is 0 Å². The highest BCUT2D eigenvalue weighted by Gasteiger charge is 2.42. The van der Waals surface area contributed by atoms with Crippen molar-refractivity contribution in [3.63, 3.8) is 0 Å². The summed E-state index contributed by atoms with van der Waals surface area (Å²) in [5, 5.41) is 11.7. The minimum absolute atomic E-state index is 0.198. The minimum atomic E-state index is -1.23. The van der Waals surface area contributed by atoms with E-state index in [1.807, 2.05) is 6.92 Å². The molecule has 0 heterocycles. The first kappa shape index (κ1) is 14.7. The zero-order valence-corrected chi connectivity index (χ0v) is 10.4. The van der Waals surface area contributed by atoms with Crippen LogP contribution in [0.3, 0.4) is 0 Å². The Balaban J connectivity index is 4.93. The summed E-state index contributed by atoms with van der Waals surface area (Å²) in [6, 6.07) is 0. The number of unbranched alkanes of at least 4 members (excludes halogenated alkanes) is 1. The lowest BCUT2D eigenvalue weighted by Crippen LogP contribution is -2.58. The molecule has 1 unspecified atom stereocenters. The predicted octanol–water partition coefficient (Wildman–Crippen LogP) is 2.01. The molecular weight excluding hydrogens is 210 g/mol. The summed E-state index contributed by atoms with van der Waals surface area (Å²) in [7, 11) is 1.22. The third-order valence-corrected chi connectivity index (χ3v) is 2.80. The lowest BCUT2D eigenvalue weighted by Gasteiger charge is -2.33. The number of carboxylic acid groups (broad SMARTS) is 1. The molecule has 0 aromatic carbocycles. The number of hydrogen-bond donors (Lipinski definition) is 2. The van der Waals surface area contributed by atoms with Crippen molar-refractivity contribution in [2.24, 2.45) is 5.92 Å². The van der Waals surface area contributed by atoms with Crippen molar-refractivity contribution in [1.82, 2.24) is 5.32 Å². The van der Waals surface area contributed by atoms with Crippen LogP contribution >= 0.6 is 0 Å². The van der Waals surface area contributed by atoms with Gasteiger partial charge in [-0.1, -0.05) is 33.6 Å². The highest BCUT2D eigenvalue weighted by Crippen LogP contribution is 2.24. The second kappa shape index (κ2) is 6.35. The Hall–Kier alpha value is -1.26.